The van der Waals surface area contributed by atoms with Crippen LogP contribution in [0.5, 0.6) is 11.5 Å². The fourth-order valence-corrected chi connectivity index (χ4v) is 2.54. The van der Waals surface area contributed by atoms with Crippen LogP contribution >= 0.6 is 12.2 Å². The van der Waals surface area contributed by atoms with Crippen LogP contribution < -0.4 is 9.47 Å². The summed E-state index contributed by atoms with van der Waals surface area (Å²) in [5.74, 6) is 0.467. The molecular formula is C19H19F3O3S. The molecule has 7 heteroatoms. The second kappa shape index (κ2) is 8.40. The minimum Gasteiger partial charge on any atom is -0.488 e. The average molecular weight is 384 g/mol. The normalized spacial score (nSPS) is 11.2. The molecule has 0 atom stereocenters. The lowest BCUT2D eigenvalue weighted by atomic mass is 10.1. The van der Waals surface area contributed by atoms with Gasteiger partial charge in [0.25, 0.3) is 0 Å². The molecule has 0 aliphatic heterocycles. The Labute approximate surface area is 155 Å². The number of aryl methyl sites for hydroxylation is 2. The van der Waals surface area contributed by atoms with E-state index in [1.54, 1.807) is 6.07 Å². The van der Waals surface area contributed by atoms with Gasteiger partial charge in [-0.1, -0.05) is 25.1 Å². The number of halogens is 3. The first-order valence-electron chi connectivity index (χ1n) is 7.93. The van der Waals surface area contributed by atoms with Gasteiger partial charge < -0.3 is 14.2 Å². The van der Waals surface area contributed by atoms with Gasteiger partial charge in [0.05, 0.1) is 12.7 Å². The van der Waals surface area contributed by atoms with E-state index in [0.29, 0.717) is 5.75 Å². The van der Waals surface area contributed by atoms with E-state index >= 15 is 0 Å². The minimum atomic E-state index is -4.55. The molecule has 2 aromatic carbocycles. The molecule has 0 heterocycles. The van der Waals surface area contributed by atoms with Crippen LogP contribution in [0.2, 0.25) is 0 Å². The minimum absolute atomic E-state index is 0.0468. The van der Waals surface area contributed by atoms with Crippen molar-refractivity contribution >= 4 is 17.5 Å². The van der Waals surface area contributed by atoms with Crippen molar-refractivity contribution in [3.05, 3.63) is 58.7 Å². The summed E-state index contributed by atoms with van der Waals surface area (Å²) in [5.41, 5.74) is 0.999. The third-order valence-electron chi connectivity index (χ3n) is 3.82. The number of hydrogen-bond acceptors (Lipinski definition) is 4. The van der Waals surface area contributed by atoms with Gasteiger partial charge in [0.2, 0.25) is 0 Å². The standard InChI is InChI=1S/C19H19F3O3S/c1-4-13-8-9-16(12(2)10-13)24-11-14-15(19(20,21)22)6-5-7-17(14)25-18(26)23-3/h5-10H,4,11H2,1-3H3. The summed E-state index contributed by atoms with van der Waals surface area (Å²) in [6.45, 7) is 3.56. The molecule has 0 spiro atoms. The summed E-state index contributed by atoms with van der Waals surface area (Å²) in [6.07, 6.45) is -3.68. The molecule has 0 N–H and O–H groups in total. The van der Waals surface area contributed by atoms with Crippen LogP contribution in [-0.2, 0) is 23.9 Å². The zero-order valence-corrected chi connectivity index (χ0v) is 15.5. The molecule has 0 aromatic heterocycles. The molecule has 0 amide bonds. The van der Waals surface area contributed by atoms with Crippen molar-refractivity contribution in [3.8, 4) is 11.5 Å². The zero-order chi connectivity index (χ0) is 19.3. The molecule has 0 aliphatic carbocycles. The van der Waals surface area contributed by atoms with Crippen LogP contribution in [-0.4, -0.2) is 12.3 Å². The van der Waals surface area contributed by atoms with E-state index in [-0.39, 0.29) is 23.2 Å². The molecule has 0 aliphatic rings. The highest BCUT2D eigenvalue weighted by molar-refractivity contribution is 7.79. The van der Waals surface area contributed by atoms with Crippen molar-refractivity contribution < 1.29 is 27.4 Å². The van der Waals surface area contributed by atoms with Gasteiger partial charge in [-0.3, -0.25) is 0 Å². The van der Waals surface area contributed by atoms with E-state index in [1.165, 1.54) is 19.2 Å². The van der Waals surface area contributed by atoms with Crippen LogP contribution in [0.4, 0.5) is 13.2 Å². The van der Waals surface area contributed by atoms with E-state index in [4.69, 9.17) is 26.4 Å². The SMILES string of the molecule is CCc1ccc(OCc2c(OC(=S)OC)cccc2C(F)(F)F)c(C)c1. The van der Waals surface area contributed by atoms with Gasteiger partial charge in [0.1, 0.15) is 18.1 Å². The fraction of sp³-hybridized carbons (Fsp3) is 0.316. The van der Waals surface area contributed by atoms with E-state index in [1.807, 2.05) is 26.0 Å². The Hall–Kier alpha value is -2.28. The third-order valence-corrected chi connectivity index (χ3v) is 4.07. The zero-order valence-electron chi connectivity index (χ0n) is 14.6. The van der Waals surface area contributed by atoms with Crippen LogP contribution in [0.3, 0.4) is 0 Å². The smallest absolute Gasteiger partial charge is 0.416 e. The van der Waals surface area contributed by atoms with Crippen molar-refractivity contribution in [1.82, 2.24) is 0 Å². The quantitative estimate of drug-likeness (QED) is 0.640. The topological polar surface area (TPSA) is 27.7 Å². The number of alkyl halides is 3. The molecule has 140 valence electrons. The van der Waals surface area contributed by atoms with E-state index in [2.05, 4.69) is 0 Å². The Kier molecular flexibility index (Phi) is 6.47. The van der Waals surface area contributed by atoms with Gasteiger partial charge in [-0.2, -0.15) is 13.2 Å². The fourth-order valence-electron chi connectivity index (χ4n) is 2.45. The van der Waals surface area contributed by atoms with Gasteiger partial charge in [0, 0.05) is 17.8 Å². The molecule has 0 bridgehead atoms. The Morgan fingerprint density at radius 2 is 1.85 bits per heavy atom. The lowest BCUT2D eigenvalue weighted by molar-refractivity contribution is -0.138. The predicted octanol–water partition coefficient (Wildman–Crippen LogP) is 5.47. The number of hydrogen-bond donors (Lipinski definition) is 0. The lowest BCUT2D eigenvalue weighted by Gasteiger charge is -2.18. The number of rotatable bonds is 5. The summed E-state index contributed by atoms with van der Waals surface area (Å²) in [7, 11) is 1.28. The summed E-state index contributed by atoms with van der Waals surface area (Å²) in [6, 6.07) is 9.21. The second-order valence-corrected chi connectivity index (χ2v) is 5.91. The molecule has 0 saturated carbocycles. The number of benzene rings is 2. The molecule has 0 radical (unpaired) electrons. The van der Waals surface area contributed by atoms with Crippen molar-refractivity contribution in [2.45, 2.75) is 33.1 Å². The summed E-state index contributed by atoms with van der Waals surface area (Å²) in [4.78, 5) is 0. The van der Waals surface area contributed by atoms with E-state index in [0.717, 1.165) is 23.6 Å². The molecule has 26 heavy (non-hydrogen) atoms. The van der Waals surface area contributed by atoms with E-state index in [9.17, 15) is 13.2 Å². The highest BCUT2D eigenvalue weighted by Crippen LogP contribution is 2.37. The van der Waals surface area contributed by atoms with Gasteiger partial charge >= 0.3 is 11.4 Å². The number of ether oxygens (including phenoxy) is 3. The highest BCUT2D eigenvalue weighted by Gasteiger charge is 2.35. The monoisotopic (exact) mass is 384 g/mol. The number of thiocarbonyl (C=S) groups is 1. The molecule has 0 fully saturated rings. The Balaban J connectivity index is 2.35. The van der Waals surface area contributed by atoms with Crippen molar-refractivity contribution in [2.75, 3.05) is 7.11 Å². The maximum Gasteiger partial charge on any atom is 0.416 e. The van der Waals surface area contributed by atoms with Gasteiger partial charge in [-0.25, -0.2) is 0 Å². The second-order valence-electron chi connectivity index (χ2n) is 5.58. The maximum absolute atomic E-state index is 13.4. The van der Waals surface area contributed by atoms with Gasteiger partial charge in [-0.15, -0.1) is 0 Å². The van der Waals surface area contributed by atoms with Crippen molar-refractivity contribution in [3.63, 3.8) is 0 Å². The van der Waals surface area contributed by atoms with E-state index < -0.39 is 11.7 Å². The van der Waals surface area contributed by atoms with Gasteiger partial charge in [0.15, 0.2) is 0 Å². The molecule has 2 rings (SSSR count). The van der Waals surface area contributed by atoms with Gasteiger partial charge in [-0.05, 0) is 42.7 Å². The summed E-state index contributed by atoms with van der Waals surface area (Å²) >= 11 is 4.79. The Morgan fingerprint density at radius 3 is 2.42 bits per heavy atom. The Morgan fingerprint density at radius 1 is 1.12 bits per heavy atom. The van der Waals surface area contributed by atoms with Crippen molar-refractivity contribution in [2.24, 2.45) is 0 Å². The number of methoxy groups -OCH3 is 1. The van der Waals surface area contributed by atoms with Crippen LogP contribution in [0.25, 0.3) is 0 Å². The third kappa shape index (κ3) is 4.88. The molecular weight excluding hydrogens is 365 g/mol. The molecule has 2 aromatic rings. The highest BCUT2D eigenvalue weighted by atomic mass is 32.1. The van der Waals surface area contributed by atoms with Crippen LogP contribution in [0.1, 0.15) is 29.2 Å². The lowest BCUT2D eigenvalue weighted by Crippen LogP contribution is -2.15. The predicted molar refractivity (Wildman–Crippen MR) is 96.6 cm³/mol. The van der Waals surface area contributed by atoms with Crippen molar-refractivity contribution in [1.29, 1.82) is 0 Å². The van der Waals surface area contributed by atoms with Crippen LogP contribution in [0.15, 0.2) is 36.4 Å². The van der Waals surface area contributed by atoms with Crippen LogP contribution in [0, 0.1) is 6.92 Å². The largest absolute Gasteiger partial charge is 0.488 e. The average Bonchev–Trinajstić information content (AvgIpc) is 2.60. The summed E-state index contributed by atoms with van der Waals surface area (Å²) in [5, 5.41) is -0.269. The first-order valence-corrected chi connectivity index (χ1v) is 8.34. The molecule has 0 saturated heterocycles. The molecule has 0 unspecified atom stereocenters. The summed E-state index contributed by atoms with van der Waals surface area (Å²) < 4.78 is 55.7. The first kappa shape index (κ1) is 20.0. The Bertz CT molecular complexity index is 788. The maximum atomic E-state index is 13.4. The molecule has 3 nitrogen and oxygen atoms in total. The first-order chi connectivity index (χ1) is 12.3.